The van der Waals surface area contributed by atoms with Gasteiger partial charge in [-0.3, -0.25) is 0 Å². The van der Waals surface area contributed by atoms with E-state index in [0.717, 1.165) is 37.5 Å². The summed E-state index contributed by atoms with van der Waals surface area (Å²) in [5.74, 6) is 3.93. The summed E-state index contributed by atoms with van der Waals surface area (Å²) in [4.78, 5) is 24.6. The molecule has 0 radical (unpaired) electrons. The highest BCUT2D eigenvalue weighted by molar-refractivity contribution is 5.88. The molecular weight excluding hydrogens is 364 g/mol. The Hall–Kier alpha value is -1.58. The zero-order valence-electron chi connectivity index (χ0n) is 17.6. The lowest BCUT2D eigenvalue weighted by molar-refractivity contribution is -0.166. The largest absolute Gasteiger partial charge is 0.459 e. The lowest BCUT2D eigenvalue weighted by atomic mass is 9.55. The number of ether oxygens (including phenoxy) is 2. The van der Waals surface area contributed by atoms with E-state index in [1.165, 1.54) is 32.1 Å². The maximum Gasteiger partial charge on any atom is 0.333 e. The van der Waals surface area contributed by atoms with Crippen molar-refractivity contribution >= 4 is 11.9 Å². The van der Waals surface area contributed by atoms with Crippen molar-refractivity contribution in [3.8, 4) is 0 Å². The van der Waals surface area contributed by atoms with Gasteiger partial charge in [0, 0.05) is 11.1 Å². The Kier molecular flexibility index (Phi) is 4.87. The molecule has 4 unspecified atom stereocenters. The van der Waals surface area contributed by atoms with Crippen LogP contribution in [0.4, 0.5) is 0 Å². The van der Waals surface area contributed by atoms with Gasteiger partial charge in [-0.25, -0.2) is 9.59 Å². The van der Waals surface area contributed by atoms with Crippen molar-refractivity contribution in [1.82, 2.24) is 0 Å². The molecule has 6 rings (SSSR count). The molecule has 158 valence electrons. The minimum Gasteiger partial charge on any atom is -0.459 e. The molecule has 4 heteroatoms. The topological polar surface area (TPSA) is 52.6 Å². The summed E-state index contributed by atoms with van der Waals surface area (Å²) in [6.07, 6.45) is 10.4. The number of fused-ring (bicyclic) bond motifs is 2. The standard InChI is InChI=1S/C25H34O4/c1-13(2)24(26)28-22-12-18-11-19(22)10-17(18)4-14(3)25(27)29-23-20-6-15-5-16(8-20)9-21(23)7-15/h15-23H,1,3-12H2,2H3. The van der Waals surface area contributed by atoms with Gasteiger partial charge in [0.1, 0.15) is 12.2 Å². The number of carbonyl (C=O) groups is 2. The third-order valence-electron chi connectivity index (χ3n) is 8.73. The Morgan fingerprint density at radius 3 is 1.97 bits per heavy atom. The van der Waals surface area contributed by atoms with Crippen molar-refractivity contribution in [3.63, 3.8) is 0 Å². The molecule has 0 aromatic rings. The predicted octanol–water partition coefficient (Wildman–Crippen LogP) is 4.83. The van der Waals surface area contributed by atoms with E-state index in [2.05, 4.69) is 13.2 Å². The van der Waals surface area contributed by atoms with Crippen LogP contribution in [-0.4, -0.2) is 24.1 Å². The molecule has 0 amide bonds. The first kappa shape index (κ1) is 19.4. The molecular formula is C25H34O4. The molecule has 0 aromatic heterocycles. The van der Waals surface area contributed by atoms with Gasteiger partial charge in [-0.15, -0.1) is 0 Å². The normalized spacial score (nSPS) is 44.0. The van der Waals surface area contributed by atoms with Gasteiger partial charge in [0.05, 0.1) is 0 Å². The Morgan fingerprint density at radius 1 is 0.759 bits per heavy atom. The quantitative estimate of drug-likeness (QED) is 0.475. The maximum absolute atomic E-state index is 12.8. The van der Waals surface area contributed by atoms with Gasteiger partial charge < -0.3 is 9.47 Å². The molecule has 6 fully saturated rings. The van der Waals surface area contributed by atoms with E-state index in [0.29, 0.717) is 40.7 Å². The van der Waals surface area contributed by atoms with Crippen molar-refractivity contribution < 1.29 is 19.1 Å². The Labute approximate surface area is 174 Å². The van der Waals surface area contributed by atoms with E-state index in [1.54, 1.807) is 6.92 Å². The highest BCUT2D eigenvalue weighted by Gasteiger charge is 2.51. The number of hydrogen-bond donors (Lipinski definition) is 0. The van der Waals surface area contributed by atoms with E-state index < -0.39 is 0 Å². The van der Waals surface area contributed by atoms with Crippen LogP contribution in [0.1, 0.15) is 64.7 Å². The lowest BCUT2D eigenvalue weighted by Gasteiger charge is -2.53. The molecule has 29 heavy (non-hydrogen) atoms. The highest BCUT2D eigenvalue weighted by Crippen LogP contribution is 2.55. The maximum atomic E-state index is 12.8. The first-order valence-corrected chi connectivity index (χ1v) is 11.6. The second-order valence-electron chi connectivity index (χ2n) is 10.8. The van der Waals surface area contributed by atoms with Crippen molar-refractivity contribution in [3.05, 3.63) is 24.3 Å². The van der Waals surface area contributed by atoms with Crippen LogP contribution in [0.5, 0.6) is 0 Å². The molecule has 0 aliphatic heterocycles. The Morgan fingerprint density at radius 2 is 1.41 bits per heavy atom. The third-order valence-corrected chi connectivity index (χ3v) is 8.73. The Bertz CT molecular complexity index is 709. The van der Waals surface area contributed by atoms with Crippen molar-refractivity contribution in [2.75, 3.05) is 0 Å². The van der Waals surface area contributed by atoms with Crippen molar-refractivity contribution in [2.24, 2.45) is 41.4 Å². The lowest BCUT2D eigenvalue weighted by Crippen LogP contribution is -2.50. The zero-order valence-corrected chi connectivity index (χ0v) is 17.6. The third kappa shape index (κ3) is 3.57. The monoisotopic (exact) mass is 398 g/mol. The van der Waals surface area contributed by atoms with E-state index in [1.807, 2.05) is 0 Å². The van der Waals surface area contributed by atoms with Gasteiger partial charge >= 0.3 is 11.9 Å². The smallest absolute Gasteiger partial charge is 0.333 e. The summed E-state index contributed by atoms with van der Waals surface area (Å²) in [6.45, 7) is 9.47. The minimum atomic E-state index is -0.275. The van der Waals surface area contributed by atoms with Crippen LogP contribution in [0.3, 0.4) is 0 Å². The zero-order chi connectivity index (χ0) is 20.3. The van der Waals surface area contributed by atoms with Crippen LogP contribution in [-0.2, 0) is 19.1 Å². The molecule has 6 bridgehead atoms. The van der Waals surface area contributed by atoms with Crippen LogP contribution >= 0.6 is 0 Å². The molecule has 0 heterocycles. The number of hydrogen-bond acceptors (Lipinski definition) is 4. The average Bonchev–Trinajstić information content (AvgIpc) is 3.23. The predicted molar refractivity (Wildman–Crippen MR) is 110 cm³/mol. The van der Waals surface area contributed by atoms with Crippen LogP contribution in [0, 0.1) is 41.4 Å². The summed E-state index contributed by atoms with van der Waals surface area (Å²) >= 11 is 0. The summed E-state index contributed by atoms with van der Waals surface area (Å²) in [7, 11) is 0. The highest BCUT2D eigenvalue weighted by atomic mass is 16.5. The van der Waals surface area contributed by atoms with Crippen LogP contribution in [0.2, 0.25) is 0 Å². The minimum absolute atomic E-state index is 0.0220. The molecule has 0 saturated heterocycles. The van der Waals surface area contributed by atoms with Gasteiger partial charge in [0.2, 0.25) is 0 Å². The molecule has 4 atom stereocenters. The van der Waals surface area contributed by atoms with E-state index in [-0.39, 0.29) is 24.1 Å². The fraction of sp³-hybridized carbons (Fsp3) is 0.760. The summed E-state index contributed by atoms with van der Waals surface area (Å²) in [5.41, 5.74) is 1.11. The molecule has 0 spiro atoms. The summed E-state index contributed by atoms with van der Waals surface area (Å²) in [5, 5.41) is 0. The molecule has 0 aromatic carbocycles. The number of esters is 2. The van der Waals surface area contributed by atoms with Crippen LogP contribution < -0.4 is 0 Å². The summed E-state index contributed by atoms with van der Waals surface area (Å²) in [6, 6.07) is 0. The first-order valence-electron chi connectivity index (χ1n) is 11.6. The molecule has 0 N–H and O–H groups in total. The van der Waals surface area contributed by atoms with Gasteiger partial charge in [0.15, 0.2) is 0 Å². The van der Waals surface area contributed by atoms with Gasteiger partial charge in [0.25, 0.3) is 0 Å². The summed E-state index contributed by atoms with van der Waals surface area (Å²) < 4.78 is 11.7. The SMILES string of the molecule is C=C(C)C(=O)OC1CC2CC1CC2CC(=C)C(=O)OC1C2CC3CC(C2)CC1C3. The molecule has 6 aliphatic rings. The second kappa shape index (κ2) is 7.28. The van der Waals surface area contributed by atoms with Gasteiger partial charge in [-0.05, 0) is 106 Å². The fourth-order valence-electron chi connectivity index (χ4n) is 7.65. The van der Waals surface area contributed by atoms with E-state index in [9.17, 15) is 9.59 Å². The van der Waals surface area contributed by atoms with Crippen LogP contribution in [0.15, 0.2) is 24.3 Å². The number of rotatable bonds is 6. The Balaban J connectivity index is 1.12. The molecule has 4 nitrogen and oxygen atoms in total. The van der Waals surface area contributed by atoms with Gasteiger partial charge in [-0.2, -0.15) is 0 Å². The average molecular weight is 399 g/mol. The van der Waals surface area contributed by atoms with Crippen molar-refractivity contribution in [2.45, 2.75) is 76.9 Å². The van der Waals surface area contributed by atoms with E-state index >= 15 is 0 Å². The van der Waals surface area contributed by atoms with Crippen molar-refractivity contribution in [1.29, 1.82) is 0 Å². The number of carbonyl (C=O) groups excluding carboxylic acids is 2. The second-order valence-corrected chi connectivity index (χ2v) is 10.8. The van der Waals surface area contributed by atoms with Crippen LogP contribution in [0.25, 0.3) is 0 Å². The van der Waals surface area contributed by atoms with Gasteiger partial charge in [-0.1, -0.05) is 13.2 Å². The fourth-order valence-corrected chi connectivity index (χ4v) is 7.65. The van der Waals surface area contributed by atoms with E-state index in [4.69, 9.17) is 9.47 Å². The first-order chi connectivity index (χ1) is 13.9. The molecule has 6 aliphatic carbocycles. The molecule has 6 saturated carbocycles.